The van der Waals surface area contributed by atoms with Crippen molar-refractivity contribution in [3.63, 3.8) is 0 Å². The van der Waals surface area contributed by atoms with E-state index in [0.717, 1.165) is 36.9 Å². The summed E-state index contributed by atoms with van der Waals surface area (Å²) >= 11 is 1.21. The number of para-hydroxylation sites is 1. The first-order valence-electron chi connectivity index (χ1n) is 9.04. The number of fused-ring (bicyclic) bond motifs is 1. The third-order valence-electron chi connectivity index (χ3n) is 5.17. The maximum absolute atomic E-state index is 13.4. The molecule has 7 heteroatoms. The van der Waals surface area contributed by atoms with E-state index >= 15 is 0 Å². The van der Waals surface area contributed by atoms with Gasteiger partial charge in [-0.05, 0) is 48.8 Å². The highest BCUT2D eigenvalue weighted by molar-refractivity contribution is 7.91. The number of sulfonamides is 1. The third-order valence-corrected chi connectivity index (χ3v) is 8.45. The van der Waals surface area contributed by atoms with Crippen LogP contribution in [0.25, 0.3) is 0 Å². The zero-order valence-corrected chi connectivity index (χ0v) is 16.1. The lowest BCUT2D eigenvalue weighted by molar-refractivity contribution is -0.123. The van der Waals surface area contributed by atoms with Gasteiger partial charge in [-0.15, -0.1) is 11.3 Å². The molecular weight excluding hydrogens is 368 g/mol. The Morgan fingerprint density at radius 3 is 2.69 bits per heavy atom. The predicted molar refractivity (Wildman–Crippen MR) is 103 cm³/mol. The van der Waals surface area contributed by atoms with E-state index in [2.05, 4.69) is 6.07 Å². The van der Waals surface area contributed by atoms with Gasteiger partial charge in [-0.25, -0.2) is 8.42 Å². The fraction of sp³-hybridized carbons (Fsp3) is 0.421. The third kappa shape index (κ3) is 3.08. The molecule has 5 nitrogen and oxygen atoms in total. The van der Waals surface area contributed by atoms with E-state index in [9.17, 15) is 13.2 Å². The first-order valence-corrected chi connectivity index (χ1v) is 11.4. The average Bonchev–Trinajstić information content (AvgIpc) is 3.23. The number of piperidine rings is 1. The second-order valence-electron chi connectivity index (χ2n) is 6.78. The number of anilines is 1. The molecule has 0 radical (unpaired) electrons. The maximum Gasteiger partial charge on any atom is 0.253 e. The van der Waals surface area contributed by atoms with Gasteiger partial charge in [0.05, 0.1) is 0 Å². The van der Waals surface area contributed by atoms with Gasteiger partial charge in [-0.3, -0.25) is 4.79 Å². The van der Waals surface area contributed by atoms with Gasteiger partial charge in [0.25, 0.3) is 10.0 Å². The molecule has 26 heavy (non-hydrogen) atoms. The monoisotopic (exact) mass is 390 g/mol. The van der Waals surface area contributed by atoms with Crippen LogP contribution in [0.15, 0.2) is 46.0 Å². The van der Waals surface area contributed by atoms with E-state index in [-0.39, 0.29) is 5.91 Å². The van der Waals surface area contributed by atoms with Gasteiger partial charge in [-0.2, -0.15) is 4.31 Å². The largest absolute Gasteiger partial charge is 0.311 e. The predicted octanol–water partition coefficient (Wildman–Crippen LogP) is 3.27. The van der Waals surface area contributed by atoms with Crippen molar-refractivity contribution in [2.24, 2.45) is 0 Å². The second-order valence-corrected chi connectivity index (χ2v) is 9.85. The fourth-order valence-electron chi connectivity index (χ4n) is 3.91. The van der Waals surface area contributed by atoms with Crippen LogP contribution in [-0.2, 0) is 21.2 Å². The molecule has 1 amide bonds. The summed E-state index contributed by atoms with van der Waals surface area (Å²) in [6.45, 7) is 1.06. The van der Waals surface area contributed by atoms with E-state index in [4.69, 9.17) is 0 Å². The van der Waals surface area contributed by atoms with Crippen LogP contribution in [-0.4, -0.2) is 37.8 Å². The molecule has 0 N–H and O–H groups in total. The zero-order chi connectivity index (χ0) is 18.1. The Morgan fingerprint density at radius 1 is 1.04 bits per heavy atom. The van der Waals surface area contributed by atoms with E-state index in [0.29, 0.717) is 23.7 Å². The van der Waals surface area contributed by atoms with Crippen molar-refractivity contribution in [2.75, 3.05) is 18.0 Å². The molecule has 1 saturated heterocycles. The molecule has 0 saturated carbocycles. The van der Waals surface area contributed by atoms with Gasteiger partial charge < -0.3 is 4.90 Å². The Bertz CT molecular complexity index is 893. The van der Waals surface area contributed by atoms with Gasteiger partial charge in [0.1, 0.15) is 10.3 Å². The van der Waals surface area contributed by atoms with Crippen molar-refractivity contribution in [1.82, 2.24) is 4.31 Å². The number of carbonyl (C=O) groups is 1. The first-order chi connectivity index (χ1) is 12.6. The number of carbonyl (C=O) groups excluding carboxylic acids is 1. The standard InChI is InChI=1S/C19H22N2O3S2/c22-19(20-12-5-8-15-7-1-2-9-16(15)20)17-10-3-4-13-21(17)26(23,24)18-11-6-14-25-18/h1-2,6-7,9,11,14,17H,3-5,8,10,12-13H2. The summed E-state index contributed by atoms with van der Waals surface area (Å²) in [5.41, 5.74) is 2.10. The molecule has 138 valence electrons. The number of nitrogens with zero attached hydrogens (tertiary/aromatic N) is 2. The highest BCUT2D eigenvalue weighted by Gasteiger charge is 2.40. The van der Waals surface area contributed by atoms with Crippen molar-refractivity contribution in [2.45, 2.75) is 42.4 Å². The topological polar surface area (TPSA) is 57.7 Å². The summed E-state index contributed by atoms with van der Waals surface area (Å²) < 4.78 is 27.9. The molecule has 2 aromatic rings. The van der Waals surface area contributed by atoms with E-state index < -0.39 is 16.1 Å². The van der Waals surface area contributed by atoms with Crippen LogP contribution in [0.2, 0.25) is 0 Å². The molecule has 1 atom stereocenters. The first kappa shape index (κ1) is 17.7. The molecule has 0 aliphatic carbocycles. The van der Waals surface area contributed by atoms with Crippen molar-refractivity contribution < 1.29 is 13.2 Å². The Labute approximate surface area is 158 Å². The number of hydrogen-bond donors (Lipinski definition) is 0. The molecule has 1 fully saturated rings. The van der Waals surface area contributed by atoms with Crippen LogP contribution in [0.5, 0.6) is 0 Å². The number of hydrogen-bond acceptors (Lipinski definition) is 4. The zero-order valence-electron chi connectivity index (χ0n) is 14.5. The SMILES string of the molecule is O=C(C1CCCCN1S(=O)(=O)c1cccs1)N1CCCc2ccccc21. The fourth-order valence-corrected chi connectivity index (χ4v) is 6.68. The summed E-state index contributed by atoms with van der Waals surface area (Å²) in [6.07, 6.45) is 4.13. The lowest BCUT2D eigenvalue weighted by Crippen LogP contribution is -2.53. The lowest BCUT2D eigenvalue weighted by Gasteiger charge is -2.38. The molecule has 1 aromatic heterocycles. The van der Waals surface area contributed by atoms with Crippen molar-refractivity contribution >= 4 is 33.0 Å². The molecule has 1 unspecified atom stereocenters. The summed E-state index contributed by atoms with van der Waals surface area (Å²) in [6, 6.07) is 10.7. The summed E-state index contributed by atoms with van der Waals surface area (Å²) in [4.78, 5) is 15.2. The Morgan fingerprint density at radius 2 is 1.88 bits per heavy atom. The van der Waals surface area contributed by atoms with Crippen LogP contribution >= 0.6 is 11.3 Å². The van der Waals surface area contributed by atoms with Gasteiger partial charge in [0.2, 0.25) is 5.91 Å². The molecule has 4 rings (SSSR count). The molecule has 1 aromatic carbocycles. The minimum atomic E-state index is -3.62. The highest BCUT2D eigenvalue weighted by atomic mass is 32.2. The average molecular weight is 391 g/mol. The quantitative estimate of drug-likeness (QED) is 0.808. The summed E-state index contributed by atoms with van der Waals surface area (Å²) in [5, 5.41) is 1.76. The highest BCUT2D eigenvalue weighted by Crippen LogP contribution is 2.32. The van der Waals surface area contributed by atoms with Crippen molar-refractivity contribution in [1.29, 1.82) is 0 Å². The number of benzene rings is 1. The summed E-state index contributed by atoms with van der Waals surface area (Å²) in [5.74, 6) is -0.0861. The van der Waals surface area contributed by atoms with Crippen LogP contribution in [0, 0.1) is 0 Å². The minimum absolute atomic E-state index is 0.0861. The van der Waals surface area contributed by atoms with E-state index in [1.807, 2.05) is 18.2 Å². The van der Waals surface area contributed by atoms with Crippen LogP contribution in [0.4, 0.5) is 5.69 Å². The van der Waals surface area contributed by atoms with Gasteiger partial charge in [0.15, 0.2) is 0 Å². The molecule has 2 aliphatic rings. The van der Waals surface area contributed by atoms with Gasteiger partial charge in [0, 0.05) is 18.8 Å². The molecule has 3 heterocycles. The molecule has 0 bridgehead atoms. The van der Waals surface area contributed by atoms with Crippen molar-refractivity contribution in [3.05, 3.63) is 47.3 Å². The number of aryl methyl sites for hydroxylation is 1. The number of amides is 1. The minimum Gasteiger partial charge on any atom is -0.311 e. The van der Waals surface area contributed by atoms with Gasteiger partial charge >= 0.3 is 0 Å². The van der Waals surface area contributed by atoms with Crippen molar-refractivity contribution in [3.8, 4) is 0 Å². The Balaban J connectivity index is 1.66. The van der Waals surface area contributed by atoms with E-state index in [1.165, 1.54) is 15.6 Å². The van der Waals surface area contributed by atoms with Gasteiger partial charge in [-0.1, -0.05) is 30.7 Å². The normalized spacial score (nSPS) is 21.4. The van der Waals surface area contributed by atoms with Crippen LogP contribution < -0.4 is 4.90 Å². The molecular formula is C19H22N2O3S2. The van der Waals surface area contributed by atoms with E-state index in [1.54, 1.807) is 22.4 Å². The van der Waals surface area contributed by atoms with Crippen LogP contribution in [0.1, 0.15) is 31.2 Å². The lowest BCUT2D eigenvalue weighted by atomic mass is 9.98. The smallest absolute Gasteiger partial charge is 0.253 e. The number of rotatable bonds is 3. The molecule has 0 spiro atoms. The number of thiophene rings is 1. The molecule has 2 aliphatic heterocycles. The maximum atomic E-state index is 13.4. The Hall–Kier alpha value is -1.70. The van der Waals surface area contributed by atoms with Crippen LogP contribution in [0.3, 0.4) is 0 Å². The Kier molecular flexibility index (Phi) is 4.86. The summed E-state index contributed by atoms with van der Waals surface area (Å²) in [7, 11) is -3.62. The second kappa shape index (κ2) is 7.13.